The Kier molecular flexibility index (Phi) is 9.36. The third-order valence-electron chi connectivity index (χ3n) is 5.18. The van der Waals surface area contributed by atoms with Crippen LogP contribution in [0.5, 0.6) is 5.88 Å². The van der Waals surface area contributed by atoms with Crippen LogP contribution in [0.15, 0.2) is 64.9 Å². The second-order valence-electron chi connectivity index (χ2n) is 7.57. The smallest absolute Gasteiger partial charge is 0.407 e. The maximum Gasteiger partial charge on any atom is 0.407 e. The van der Waals surface area contributed by atoms with E-state index in [0.29, 0.717) is 16.5 Å². The van der Waals surface area contributed by atoms with Crippen molar-refractivity contribution in [2.45, 2.75) is 29.8 Å². The number of methoxy groups -OCH3 is 2. The van der Waals surface area contributed by atoms with Crippen molar-refractivity contribution >= 4 is 33.5 Å². The van der Waals surface area contributed by atoms with Crippen LogP contribution in [0.1, 0.15) is 22.2 Å². The monoisotopic (exact) mass is 534 g/mol. The van der Waals surface area contributed by atoms with Crippen molar-refractivity contribution in [1.82, 2.24) is 15.6 Å². The van der Waals surface area contributed by atoms with Crippen molar-refractivity contribution in [3.63, 3.8) is 0 Å². The summed E-state index contributed by atoms with van der Waals surface area (Å²) < 4.78 is 37.5. The molecule has 3 aromatic rings. The Morgan fingerprint density at radius 2 is 1.67 bits per heavy atom. The van der Waals surface area contributed by atoms with Crippen LogP contribution in [0.3, 0.4) is 0 Å². The molecule has 11 nitrogen and oxygen atoms in total. The zero-order valence-electron chi connectivity index (χ0n) is 19.5. The molecule has 0 unspecified atom stereocenters. The van der Waals surface area contributed by atoms with Gasteiger partial charge in [-0.1, -0.05) is 42.5 Å². The van der Waals surface area contributed by atoms with Crippen molar-refractivity contribution in [1.29, 1.82) is 0 Å². The van der Waals surface area contributed by atoms with Crippen molar-refractivity contribution in [3.05, 3.63) is 76.1 Å². The first-order valence-electron chi connectivity index (χ1n) is 10.7. The number of aromatic nitrogens is 1. The lowest BCUT2D eigenvalue weighted by atomic mass is 10.0. The topological polar surface area (TPSA) is 159 Å². The third-order valence-corrected chi connectivity index (χ3v) is 7.22. The second-order valence-corrected chi connectivity index (χ2v) is 10.0. The first kappa shape index (κ1) is 27.1. The molecule has 3 rings (SSSR count). The molecule has 1 heterocycles. The van der Waals surface area contributed by atoms with Crippen LogP contribution in [0.25, 0.3) is 0 Å². The molecule has 0 spiro atoms. The van der Waals surface area contributed by atoms with E-state index in [4.69, 9.17) is 15.4 Å². The van der Waals surface area contributed by atoms with Crippen LogP contribution in [-0.4, -0.2) is 45.7 Å². The van der Waals surface area contributed by atoms with Crippen LogP contribution in [0.4, 0.5) is 4.79 Å². The first-order chi connectivity index (χ1) is 17.2. The lowest BCUT2D eigenvalue weighted by Gasteiger charge is -2.22. The van der Waals surface area contributed by atoms with E-state index < -0.39 is 34.2 Å². The van der Waals surface area contributed by atoms with Gasteiger partial charge in [-0.3, -0.25) is 4.79 Å². The Morgan fingerprint density at radius 1 is 1.00 bits per heavy atom. The molecule has 0 bridgehead atoms. The van der Waals surface area contributed by atoms with E-state index in [1.807, 2.05) is 30.3 Å². The number of benzene rings is 2. The lowest BCUT2D eigenvalue weighted by molar-refractivity contribution is -0.123. The fraction of sp³-hybridized carbons (Fsp3) is 0.261. The Labute approximate surface area is 212 Å². The maximum atomic E-state index is 13.3. The first-order valence-corrected chi connectivity index (χ1v) is 12.9. The van der Waals surface area contributed by atoms with Gasteiger partial charge in [0.05, 0.1) is 30.5 Å². The molecule has 2 aromatic carbocycles. The van der Waals surface area contributed by atoms with E-state index in [1.54, 1.807) is 17.5 Å². The Bertz CT molecular complexity index is 1270. The van der Waals surface area contributed by atoms with Gasteiger partial charge in [0, 0.05) is 6.42 Å². The van der Waals surface area contributed by atoms with Crippen LogP contribution in [-0.2, 0) is 36.8 Å². The number of nitrogens with zero attached hydrogens (tertiary/aromatic N) is 1. The molecule has 0 radical (unpaired) electrons. The van der Waals surface area contributed by atoms with Gasteiger partial charge in [-0.05, 0) is 29.7 Å². The fourth-order valence-corrected chi connectivity index (χ4v) is 4.74. The highest BCUT2D eigenvalue weighted by Crippen LogP contribution is 2.26. The van der Waals surface area contributed by atoms with Gasteiger partial charge >= 0.3 is 16.2 Å². The van der Waals surface area contributed by atoms with E-state index in [-0.39, 0.29) is 17.7 Å². The van der Waals surface area contributed by atoms with E-state index in [1.165, 1.54) is 37.7 Å². The number of alkyl carbamates (subject to hydrolysis) is 1. The normalized spacial score (nSPS) is 12.9. The summed E-state index contributed by atoms with van der Waals surface area (Å²) in [6.07, 6.45) is -0.221. The summed E-state index contributed by atoms with van der Waals surface area (Å²) in [6, 6.07) is 13.6. The SMILES string of the molecule is COC(=O)N[C@@H](Cc1ccccc1)C(=O)N[C@@H](Cc1ccc(S(=O)(=O)ON)cc1)c1nc(OC)cs1. The standard InChI is InChI=1S/C23H26N4O7S2/c1-32-20-14-35-22(27-20)19(13-16-8-10-17(11-9-16)36(30,31)34-24)25-21(28)18(26-23(29)33-2)12-15-6-4-3-5-7-15/h3-11,14,18-19H,12-13,24H2,1-2H3,(H,25,28)(H,26,29)/t18-,19-/m0/s1. The molecule has 0 aliphatic rings. The van der Waals surface area contributed by atoms with Gasteiger partial charge in [0.25, 0.3) is 0 Å². The molecule has 192 valence electrons. The molecule has 0 saturated heterocycles. The fourth-order valence-electron chi connectivity index (χ4n) is 3.34. The van der Waals surface area contributed by atoms with Gasteiger partial charge in [0.15, 0.2) is 0 Å². The lowest BCUT2D eigenvalue weighted by Crippen LogP contribution is -2.49. The summed E-state index contributed by atoms with van der Waals surface area (Å²) in [5, 5.41) is 7.79. The van der Waals surface area contributed by atoms with Gasteiger partial charge in [0.2, 0.25) is 11.8 Å². The van der Waals surface area contributed by atoms with Gasteiger partial charge in [-0.25, -0.2) is 9.78 Å². The molecule has 0 saturated carbocycles. The molecular weight excluding hydrogens is 508 g/mol. The molecule has 0 fully saturated rings. The average molecular weight is 535 g/mol. The van der Waals surface area contributed by atoms with Crippen LogP contribution in [0, 0.1) is 0 Å². The van der Waals surface area contributed by atoms with Gasteiger partial charge in [0.1, 0.15) is 11.0 Å². The zero-order valence-corrected chi connectivity index (χ0v) is 21.2. The molecule has 0 aliphatic heterocycles. The van der Waals surface area contributed by atoms with E-state index in [0.717, 1.165) is 5.56 Å². The number of carbonyl (C=O) groups is 2. The molecule has 2 amide bonds. The van der Waals surface area contributed by atoms with Crippen molar-refractivity contribution in [2.75, 3.05) is 14.2 Å². The summed E-state index contributed by atoms with van der Waals surface area (Å²) in [4.78, 5) is 29.6. The predicted octanol–water partition coefficient (Wildman–Crippen LogP) is 2.10. The molecule has 0 aliphatic carbocycles. The second kappa shape index (κ2) is 12.4. The number of carbonyl (C=O) groups excluding carboxylic acids is 2. The Hall–Kier alpha value is -3.52. The van der Waals surface area contributed by atoms with Gasteiger partial charge in [-0.2, -0.15) is 18.6 Å². The quantitative estimate of drug-likeness (QED) is 0.313. The van der Waals surface area contributed by atoms with Crippen molar-refractivity contribution in [2.24, 2.45) is 5.90 Å². The summed E-state index contributed by atoms with van der Waals surface area (Å²) in [7, 11) is -1.33. The minimum absolute atomic E-state index is 0.101. The number of hydrogen-bond acceptors (Lipinski definition) is 10. The number of nitrogens with one attached hydrogen (secondary N) is 2. The van der Waals surface area contributed by atoms with Crippen molar-refractivity contribution in [3.8, 4) is 5.88 Å². The summed E-state index contributed by atoms with van der Waals surface area (Å²) in [6.45, 7) is 0. The highest BCUT2D eigenvalue weighted by molar-refractivity contribution is 7.86. The number of rotatable bonds is 11. The Morgan fingerprint density at radius 3 is 2.25 bits per heavy atom. The largest absolute Gasteiger partial charge is 0.480 e. The third kappa shape index (κ3) is 7.24. The maximum absolute atomic E-state index is 13.3. The minimum atomic E-state index is -4.04. The summed E-state index contributed by atoms with van der Waals surface area (Å²) in [5.41, 5.74) is 1.56. The summed E-state index contributed by atoms with van der Waals surface area (Å²) >= 11 is 1.29. The number of thiazole rings is 1. The van der Waals surface area contributed by atoms with Gasteiger partial charge < -0.3 is 20.1 Å². The predicted molar refractivity (Wildman–Crippen MR) is 132 cm³/mol. The zero-order chi connectivity index (χ0) is 26.1. The van der Waals surface area contributed by atoms with Crippen molar-refractivity contribution < 1.29 is 31.8 Å². The molecule has 13 heteroatoms. The molecule has 1 aromatic heterocycles. The molecule has 4 N–H and O–H groups in total. The Balaban J connectivity index is 1.85. The van der Waals surface area contributed by atoms with Crippen LogP contribution >= 0.6 is 11.3 Å². The molecule has 2 atom stereocenters. The summed E-state index contributed by atoms with van der Waals surface area (Å²) in [5.74, 6) is 4.79. The highest BCUT2D eigenvalue weighted by atomic mass is 32.2. The van der Waals surface area contributed by atoms with Crippen LogP contribution in [0.2, 0.25) is 0 Å². The van der Waals surface area contributed by atoms with Gasteiger partial charge in [-0.15, -0.1) is 11.3 Å². The van der Waals surface area contributed by atoms with E-state index >= 15 is 0 Å². The highest BCUT2D eigenvalue weighted by Gasteiger charge is 2.27. The minimum Gasteiger partial charge on any atom is -0.480 e. The number of amides is 2. The van der Waals surface area contributed by atoms with E-state index in [2.05, 4.69) is 19.9 Å². The number of hydrogen-bond donors (Lipinski definition) is 3. The van der Waals surface area contributed by atoms with Crippen LogP contribution < -0.4 is 21.3 Å². The molecule has 36 heavy (non-hydrogen) atoms. The number of nitrogens with two attached hydrogens (primary N) is 1. The molecular formula is C23H26N4O7S2. The van der Waals surface area contributed by atoms with E-state index in [9.17, 15) is 18.0 Å². The average Bonchev–Trinajstić information content (AvgIpc) is 3.38. The number of ether oxygens (including phenoxy) is 2.